The molecular formula is C28H21F3N6O5S. The molecule has 43 heavy (non-hydrogen) atoms. The molecule has 1 aliphatic rings. The molecule has 2 N–H and O–H groups in total. The van der Waals surface area contributed by atoms with Gasteiger partial charge >= 0.3 is 18.4 Å². The molecule has 1 aromatic heterocycles. The molecular weight excluding hydrogens is 589 g/mol. The van der Waals surface area contributed by atoms with Gasteiger partial charge in [0.15, 0.2) is 17.0 Å². The minimum Gasteiger partial charge on any atom is -0.479 e. The van der Waals surface area contributed by atoms with Gasteiger partial charge in [0.05, 0.1) is 17.1 Å². The fraction of sp³-hybridized carbons (Fsp3) is 0.143. The number of halogens is 3. The highest BCUT2D eigenvalue weighted by atomic mass is 32.2. The zero-order valence-electron chi connectivity index (χ0n) is 22.1. The van der Waals surface area contributed by atoms with Crippen molar-refractivity contribution in [2.75, 3.05) is 10.7 Å². The maximum Gasteiger partial charge on any atom is 0.573 e. The fourth-order valence-electron chi connectivity index (χ4n) is 4.17. The zero-order chi connectivity index (χ0) is 30.7. The maximum absolute atomic E-state index is 12.8. The van der Waals surface area contributed by atoms with Crippen LogP contribution < -0.4 is 15.0 Å². The van der Waals surface area contributed by atoms with Crippen LogP contribution in [0.5, 0.6) is 5.75 Å². The van der Waals surface area contributed by atoms with E-state index in [2.05, 4.69) is 25.1 Å². The predicted molar refractivity (Wildman–Crippen MR) is 151 cm³/mol. The Labute approximate surface area is 246 Å². The number of ether oxygens (including phenoxy) is 1. The summed E-state index contributed by atoms with van der Waals surface area (Å²) < 4.78 is 42.4. The molecule has 15 heteroatoms. The van der Waals surface area contributed by atoms with E-state index in [1.165, 1.54) is 40.2 Å². The lowest BCUT2D eigenvalue weighted by atomic mass is 10.0. The molecule has 2 heterocycles. The Balaban J connectivity index is 1.29. The molecule has 3 aromatic carbocycles. The number of hydrogen-bond donors (Lipinski definition) is 2. The zero-order valence-corrected chi connectivity index (χ0v) is 23.0. The molecule has 1 saturated heterocycles. The Bertz CT molecular complexity index is 1710. The standard InChI is InChI=1S/C28H21F3N6O5S/c1-16-4-2-3-5-21(16)37-22(38)14-43-27(37)34-26(41)33-23(25(39)40)17-6-8-18(9-7-17)24-32-15-36(35-24)19-10-12-20(13-11-19)42-28(29,30)31/h2-13,15,23H,14H2,1H3,(H,33,41)(H,39,40)/b34-27-. The first kappa shape index (κ1) is 29.3. The summed E-state index contributed by atoms with van der Waals surface area (Å²) in [6, 6.07) is 15.9. The summed E-state index contributed by atoms with van der Waals surface area (Å²) >= 11 is 1.08. The first-order valence-electron chi connectivity index (χ1n) is 12.5. The number of benzene rings is 3. The largest absolute Gasteiger partial charge is 0.573 e. The molecule has 0 spiro atoms. The molecule has 11 nitrogen and oxygen atoms in total. The lowest BCUT2D eigenvalue weighted by Gasteiger charge is -2.18. The van der Waals surface area contributed by atoms with Crippen molar-refractivity contribution in [3.05, 3.63) is 90.3 Å². The summed E-state index contributed by atoms with van der Waals surface area (Å²) in [5.74, 6) is -1.60. The number of thioether (sulfide) groups is 1. The average molecular weight is 611 g/mol. The molecule has 4 aromatic rings. The van der Waals surface area contributed by atoms with Crippen LogP contribution in [0.2, 0.25) is 0 Å². The summed E-state index contributed by atoms with van der Waals surface area (Å²) in [5, 5.41) is 16.6. The van der Waals surface area contributed by atoms with Gasteiger partial charge in [0.25, 0.3) is 0 Å². The number of amidine groups is 1. The Morgan fingerprint density at radius 2 is 1.77 bits per heavy atom. The quantitative estimate of drug-likeness (QED) is 0.294. The Morgan fingerprint density at radius 1 is 1.07 bits per heavy atom. The van der Waals surface area contributed by atoms with Crippen molar-refractivity contribution in [3.63, 3.8) is 0 Å². The summed E-state index contributed by atoms with van der Waals surface area (Å²) in [6.07, 6.45) is -3.43. The Morgan fingerprint density at radius 3 is 2.42 bits per heavy atom. The summed E-state index contributed by atoms with van der Waals surface area (Å²) in [7, 11) is 0. The number of nitrogens with one attached hydrogen (secondary N) is 1. The Hall–Kier alpha value is -5.18. The van der Waals surface area contributed by atoms with Crippen LogP contribution in [0.15, 0.2) is 84.1 Å². The van der Waals surface area contributed by atoms with Gasteiger partial charge in [-0.05, 0) is 48.4 Å². The molecule has 1 aliphatic heterocycles. The number of alkyl halides is 3. The topological polar surface area (TPSA) is 139 Å². The molecule has 220 valence electrons. The lowest BCUT2D eigenvalue weighted by Crippen LogP contribution is -2.35. The van der Waals surface area contributed by atoms with E-state index in [-0.39, 0.29) is 34.0 Å². The molecule has 0 bridgehead atoms. The van der Waals surface area contributed by atoms with Gasteiger partial charge in [-0.2, -0.15) is 4.99 Å². The molecule has 5 rings (SSSR count). The van der Waals surface area contributed by atoms with Gasteiger partial charge in [-0.15, -0.1) is 18.3 Å². The van der Waals surface area contributed by atoms with Gasteiger partial charge in [0.1, 0.15) is 12.1 Å². The summed E-state index contributed by atoms with van der Waals surface area (Å²) in [4.78, 5) is 46.8. The van der Waals surface area contributed by atoms with E-state index in [0.29, 0.717) is 16.9 Å². The van der Waals surface area contributed by atoms with Crippen molar-refractivity contribution in [1.29, 1.82) is 0 Å². The number of anilines is 1. The normalized spacial score (nSPS) is 15.0. The number of amides is 3. The molecule has 1 unspecified atom stereocenters. The van der Waals surface area contributed by atoms with Crippen LogP contribution in [0, 0.1) is 6.92 Å². The SMILES string of the molecule is Cc1ccccc1N1C(=O)CS/C1=N\C(=O)NC(C(=O)O)c1ccc(-c2ncn(-c3ccc(OC(F)(F)F)cc3)n2)cc1. The van der Waals surface area contributed by atoms with Crippen LogP contribution in [0.3, 0.4) is 0 Å². The number of urea groups is 1. The lowest BCUT2D eigenvalue weighted by molar-refractivity contribution is -0.274. The van der Waals surface area contributed by atoms with Gasteiger partial charge in [-0.3, -0.25) is 9.69 Å². The number of para-hydroxylation sites is 1. The van der Waals surface area contributed by atoms with Crippen molar-refractivity contribution >= 4 is 40.5 Å². The van der Waals surface area contributed by atoms with Crippen molar-refractivity contribution in [2.24, 2.45) is 4.99 Å². The number of rotatable bonds is 7. The highest BCUT2D eigenvalue weighted by Crippen LogP contribution is 2.29. The smallest absolute Gasteiger partial charge is 0.479 e. The summed E-state index contributed by atoms with van der Waals surface area (Å²) in [5.41, 5.74) is 2.59. The van der Waals surface area contributed by atoms with Crippen LogP contribution in [0.1, 0.15) is 17.2 Å². The number of aryl methyl sites for hydroxylation is 1. The minimum absolute atomic E-state index is 0.0891. The fourth-order valence-corrected chi connectivity index (χ4v) is 5.03. The van der Waals surface area contributed by atoms with Crippen molar-refractivity contribution in [2.45, 2.75) is 19.3 Å². The first-order valence-corrected chi connectivity index (χ1v) is 13.5. The number of hydrogen-bond acceptors (Lipinski definition) is 7. The second kappa shape index (κ2) is 12.0. The summed E-state index contributed by atoms with van der Waals surface area (Å²) in [6.45, 7) is 1.82. The number of carbonyl (C=O) groups is 3. The monoisotopic (exact) mass is 610 g/mol. The van der Waals surface area contributed by atoms with Crippen LogP contribution in [-0.4, -0.2) is 55.1 Å². The third-order valence-corrected chi connectivity index (χ3v) is 7.09. The first-order chi connectivity index (χ1) is 20.5. The number of aliphatic imine (C=N–C) groups is 1. The third-order valence-electron chi connectivity index (χ3n) is 6.16. The predicted octanol–water partition coefficient (Wildman–Crippen LogP) is 5.11. The maximum atomic E-state index is 12.8. The van der Waals surface area contributed by atoms with Crippen LogP contribution in [0.25, 0.3) is 17.1 Å². The van der Waals surface area contributed by atoms with E-state index >= 15 is 0 Å². The minimum atomic E-state index is -4.80. The van der Waals surface area contributed by atoms with Gasteiger partial charge in [0, 0.05) is 5.56 Å². The van der Waals surface area contributed by atoms with Crippen LogP contribution in [-0.2, 0) is 9.59 Å². The van der Waals surface area contributed by atoms with E-state index in [0.717, 1.165) is 29.5 Å². The van der Waals surface area contributed by atoms with Gasteiger partial charge in [-0.25, -0.2) is 19.3 Å². The van der Waals surface area contributed by atoms with E-state index in [1.54, 1.807) is 24.3 Å². The highest BCUT2D eigenvalue weighted by Gasteiger charge is 2.32. The van der Waals surface area contributed by atoms with Crippen molar-refractivity contribution in [3.8, 4) is 22.8 Å². The number of carbonyl (C=O) groups excluding carboxylic acids is 2. The second-order valence-electron chi connectivity index (χ2n) is 9.10. The number of aliphatic carboxylic acids is 1. The Kier molecular flexibility index (Phi) is 8.16. The number of carboxylic acids is 1. The number of carboxylic acid groups (broad SMARTS) is 1. The van der Waals surface area contributed by atoms with Gasteiger partial charge in [0.2, 0.25) is 5.91 Å². The van der Waals surface area contributed by atoms with Gasteiger partial charge < -0.3 is 15.2 Å². The molecule has 1 fully saturated rings. The molecule has 0 aliphatic carbocycles. The number of aromatic nitrogens is 3. The third kappa shape index (κ3) is 6.83. The highest BCUT2D eigenvalue weighted by molar-refractivity contribution is 8.15. The molecule has 3 amide bonds. The van der Waals surface area contributed by atoms with Crippen LogP contribution >= 0.6 is 11.8 Å². The van der Waals surface area contributed by atoms with E-state index in [1.807, 2.05) is 19.1 Å². The molecule has 0 saturated carbocycles. The average Bonchev–Trinajstić information content (AvgIpc) is 3.59. The van der Waals surface area contributed by atoms with E-state index < -0.39 is 24.4 Å². The van der Waals surface area contributed by atoms with Crippen LogP contribution in [0.4, 0.5) is 23.7 Å². The molecule has 0 radical (unpaired) electrons. The van der Waals surface area contributed by atoms with E-state index in [9.17, 15) is 32.7 Å². The van der Waals surface area contributed by atoms with Gasteiger partial charge in [-0.1, -0.05) is 54.2 Å². The number of nitrogens with zero attached hydrogens (tertiary/aromatic N) is 5. The van der Waals surface area contributed by atoms with Crippen molar-refractivity contribution < 1.29 is 37.4 Å². The van der Waals surface area contributed by atoms with Crippen molar-refractivity contribution in [1.82, 2.24) is 20.1 Å². The molecule has 1 atom stereocenters. The second-order valence-corrected chi connectivity index (χ2v) is 10.0. The van der Waals surface area contributed by atoms with E-state index in [4.69, 9.17) is 0 Å².